The Balaban J connectivity index is 1.67. The summed E-state index contributed by atoms with van der Waals surface area (Å²) in [6.45, 7) is 4.24. The number of carbonyl (C=O) groups excluding carboxylic acids is 2. The number of carbonyl (C=O) groups is 2. The fourth-order valence-corrected chi connectivity index (χ4v) is 4.97. The third-order valence-corrected chi connectivity index (χ3v) is 6.30. The second-order valence-electron chi connectivity index (χ2n) is 7.99. The maximum Gasteiger partial charge on any atom is 0.256 e. The van der Waals surface area contributed by atoms with Gasteiger partial charge >= 0.3 is 0 Å². The Hall–Kier alpha value is -3.54. The largest absolute Gasteiger partial charge is 0.330 e. The third-order valence-electron chi connectivity index (χ3n) is 6.30. The van der Waals surface area contributed by atoms with Crippen LogP contribution >= 0.6 is 0 Å². The monoisotopic (exact) mass is 398 g/mol. The highest BCUT2D eigenvalue weighted by Gasteiger charge is 2.59. The molecule has 3 aromatic rings. The Morgan fingerprint density at radius 2 is 1.97 bits per heavy atom. The molecule has 0 bridgehead atoms. The summed E-state index contributed by atoms with van der Waals surface area (Å²) in [4.78, 5) is 37.6. The first-order valence-corrected chi connectivity index (χ1v) is 10.1. The molecule has 1 N–H and O–H groups in total. The van der Waals surface area contributed by atoms with Crippen LogP contribution in [0.1, 0.15) is 45.3 Å². The molecule has 6 heteroatoms. The molecule has 1 saturated heterocycles. The van der Waals surface area contributed by atoms with E-state index >= 15 is 0 Å². The van der Waals surface area contributed by atoms with Gasteiger partial charge in [-0.2, -0.15) is 0 Å². The molecule has 30 heavy (non-hydrogen) atoms. The van der Waals surface area contributed by atoms with Crippen molar-refractivity contribution in [3.8, 4) is 0 Å². The van der Waals surface area contributed by atoms with Gasteiger partial charge in [-0.25, -0.2) is 0 Å². The van der Waals surface area contributed by atoms with Crippen molar-refractivity contribution in [2.45, 2.75) is 31.7 Å². The van der Waals surface area contributed by atoms with Gasteiger partial charge in [0, 0.05) is 30.3 Å². The number of nitrogens with one attached hydrogen (secondary N) is 1. The van der Waals surface area contributed by atoms with Gasteiger partial charge in [-0.05, 0) is 55.7 Å². The zero-order valence-electron chi connectivity index (χ0n) is 16.9. The van der Waals surface area contributed by atoms with Crippen molar-refractivity contribution < 1.29 is 9.59 Å². The predicted octanol–water partition coefficient (Wildman–Crippen LogP) is 3.57. The molecule has 2 unspecified atom stereocenters. The van der Waals surface area contributed by atoms with E-state index in [1.54, 1.807) is 12.4 Å². The maximum absolute atomic E-state index is 13.7. The van der Waals surface area contributed by atoms with Crippen LogP contribution < -0.4 is 5.32 Å². The summed E-state index contributed by atoms with van der Waals surface area (Å²) in [5.41, 5.74) is 3.92. The molecule has 0 saturated carbocycles. The highest BCUT2D eigenvalue weighted by Crippen LogP contribution is 2.54. The summed E-state index contributed by atoms with van der Waals surface area (Å²) in [5.74, 6) is -0.172. The van der Waals surface area contributed by atoms with Crippen molar-refractivity contribution in [2.75, 3.05) is 11.9 Å². The molecule has 2 atom stereocenters. The fraction of sp³-hybridized carbons (Fsp3) is 0.250. The van der Waals surface area contributed by atoms with Crippen LogP contribution in [-0.4, -0.2) is 33.2 Å². The van der Waals surface area contributed by atoms with Gasteiger partial charge in [0.2, 0.25) is 5.91 Å². The molecule has 2 aromatic heterocycles. The standard InChI is InChI=1S/C24H22N4O2/c1-15-9-10-18(16(2)26-15)22(29)28-13-11-24(21(28)17-6-5-12-25-14-17)19-7-3-4-8-20(19)27-23(24)30/h3-10,12,14,21H,11,13H2,1-2H3,(H,27,30). The van der Waals surface area contributed by atoms with Crippen molar-refractivity contribution in [2.24, 2.45) is 0 Å². The van der Waals surface area contributed by atoms with Crippen LogP contribution in [0.25, 0.3) is 0 Å². The number of nitrogens with zero attached hydrogens (tertiary/aromatic N) is 3. The van der Waals surface area contributed by atoms with Gasteiger partial charge in [-0.1, -0.05) is 24.3 Å². The number of likely N-dealkylation sites (tertiary alicyclic amines) is 1. The lowest BCUT2D eigenvalue weighted by molar-refractivity contribution is -0.121. The number of pyridine rings is 2. The molecule has 1 fully saturated rings. The Bertz CT molecular complexity index is 1160. The fourth-order valence-electron chi connectivity index (χ4n) is 4.97. The van der Waals surface area contributed by atoms with Crippen LogP contribution in [0.2, 0.25) is 0 Å². The highest BCUT2D eigenvalue weighted by molar-refractivity contribution is 6.08. The second kappa shape index (κ2) is 6.76. The van der Waals surface area contributed by atoms with E-state index < -0.39 is 11.5 Å². The van der Waals surface area contributed by atoms with Gasteiger partial charge in [0.25, 0.3) is 5.91 Å². The normalized spacial score (nSPS) is 22.3. The van der Waals surface area contributed by atoms with Gasteiger partial charge < -0.3 is 10.2 Å². The molecule has 5 rings (SSSR count). The van der Waals surface area contributed by atoms with Gasteiger partial charge in [-0.15, -0.1) is 0 Å². The van der Waals surface area contributed by atoms with Crippen molar-refractivity contribution in [3.63, 3.8) is 0 Å². The second-order valence-corrected chi connectivity index (χ2v) is 7.99. The first-order valence-electron chi connectivity index (χ1n) is 10.1. The molecular formula is C24H22N4O2. The van der Waals surface area contributed by atoms with E-state index in [0.717, 1.165) is 22.5 Å². The van der Waals surface area contributed by atoms with E-state index in [1.165, 1.54) is 0 Å². The molecule has 1 aromatic carbocycles. The summed E-state index contributed by atoms with van der Waals surface area (Å²) in [5, 5.41) is 3.04. The van der Waals surface area contributed by atoms with Crippen LogP contribution in [0.4, 0.5) is 5.69 Å². The number of hydrogen-bond acceptors (Lipinski definition) is 4. The van der Waals surface area contributed by atoms with E-state index in [0.29, 0.717) is 24.2 Å². The first kappa shape index (κ1) is 18.5. The van der Waals surface area contributed by atoms with E-state index in [1.807, 2.05) is 67.3 Å². The molecule has 0 radical (unpaired) electrons. The average molecular weight is 398 g/mol. The first-order chi connectivity index (χ1) is 14.5. The van der Waals surface area contributed by atoms with E-state index in [2.05, 4.69) is 15.3 Å². The summed E-state index contributed by atoms with van der Waals surface area (Å²) in [6.07, 6.45) is 4.01. The Labute approximate surface area is 175 Å². The Morgan fingerprint density at radius 3 is 2.73 bits per heavy atom. The van der Waals surface area contributed by atoms with Gasteiger partial charge in [-0.3, -0.25) is 19.6 Å². The molecule has 6 nitrogen and oxygen atoms in total. The number of amides is 2. The smallest absolute Gasteiger partial charge is 0.256 e. The number of para-hydroxylation sites is 1. The topological polar surface area (TPSA) is 75.2 Å². The van der Waals surface area contributed by atoms with Gasteiger partial charge in [0.05, 0.1) is 17.3 Å². The van der Waals surface area contributed by atoms with Crippen molar-refractivity contribution >= 4 is 17.5 Å². The molecule has 150 valence electrons. The number of rotatable bonds is 2. The minimum atomic E-state index is -0.832. The Kier molecular flexibility index (Phi) is 4.17. The summed E-state index contributed by atoms with van der Waals surface area (Å²) >= 11 is 0. The number of aromatic nitrogens is 2. The van der Waals surface area contributed by atoms with Crippen molar-refractivity contribution in [1.29, 1.82) is 0 Å². The van der Waals surface area contributed by atoms with Crippen LogP contribution in [0.5, 0.6) is 0 Å². The quantitative estimate of drug-likeness (QED) is 0.716. The highest BCUT2D eigenvalue weighted by atomic mass is 16.2. The lowest BCUT2D eigenvalue weighted by Crippen LogP contribution is -2.42. The molecule has 2 amide bonds. The Morgan fingerprint density at radius 1 is 1.13 bits per heavy atom. The number of fused-ring (bicyclic) bond motifs is 2. The zero-order valence-corrected chi connectivity index (χ0v) is 16.9. The number of benzene rings is 1. The minimum Gasteiger partial charge on any atom is -0.330 e. The molecular weight excluding hydrogens is 376 g/mol. The predicted molar refractivity (Wildman–Crippen MR) is 113 cm³/mol. The summed E-state index contributed by atoms with van der Waals surface area (Å²) < 4.78 is 0. The van der Waals surface area contributed by atoms with Gasteiger partial charge in [0.15, 0.2) is 0 Å². The van der Waals surface area contributed by atoms with Crippen molar-refractivity contribution in [1.82, 2.24) is 14.9 Å². The van der Waals surface area contributed by atoms with Gasteiger partial charge in [0.1, 0.15) is 5.41 Å². The third kappa shape index (κ3) is 2.56. The molecule has 0 aliphatic carbocycles. The van der Waals surface area contributed by atoms with E-state index in [9.17, 15) is 9.59 Å². The minimum absolute atomic E-state index is 0.0633. The van der Waals surface area contributed by atoms with Crippen LogP contribution in [0.15, 0.2) is 60.9 Å². The van der Waals surface area contributed by atoms with E-state index in [4.69, 9.17) is 0 Å². The molecule has 4 heterocycles. The summed E-state index contributed by atoms with van der Waals surface area (Å²) in [6, 6.07) is 14.8. The number of anilines is 1. The zero-order chi connectivity index (χ0) is 20.9. The lowest BCUT2D eigenvalue weighted by Gasteiger charge is -2.34. The van der Waals surface area contributed by atoms with Crippen molar-refractivity contribution in [3.05, 3.63) is 89.0 Å². The number of aryl methyl sites for hydroxylation is 2. The molecule has 2 aliphatic rings. The number of hydrogen-bond donors (Lipinski definition) is 1. The van der Waals surface area contributed by atoms with Crippen LogP contribution in [-0.2, 0) is 10.2 Å². The maximum atomic E-state index is 13.7. The SMILES string of the molecule is Cc1ccc(C(=O)N2CCC3(C(=O)Nc4ccccc43)C2c2cccnc2)c(C)n1. The van der Waals surface area contributed by atoms with Crippen LogP contribution in [0, 0.1) is 13.8 Å². The lowest BCUT2D eigenvalue weighted by atomic mass is 9.73. The summed E-state index contributed by atoms with van der Waals surface area (Å²) in [7, 11) is 0. The average Bonchev–Trinajstić information content (AvgIpc) is 3.28. The molecule has 2 aliphatic heterocycles. The van der Waals surface area contributed by atoms with Crippen LogP contribution in [0.3, 0.4) is 0 Å². The van der Waals surface area contributed by atoms with E-state index in [-0.39, 0.29) is 11.8 Å². The molecule has 1 spiro atoms.